The molecule has 1 amide bonds. The first-order valence-corrected chi connectivity index (χ1v) is 11.8. The number of fused-ring (bicyclic) bond motifs is 2. The third kappa shape index (κ3) is 3.64. The molecule has 0 N–H and O–H groups in total. The summed E-state index contributed by atoms with van der Waals surface area (Å²) in [5.74, 6) is 1.38. The SMILES string of the molecule is Cc1nc2cnccc2n1-c1ccc2c(c1)CC(C(=O)N(C(C)C)C1CCCCC1)C2. The van der Waals surface area contributed by atoms with E-state index in [2.05, 4.69) is 51.5 Å². The number of carbonyl (C=O) groups is 1. The number of amides is 1. The molecular formula is C26H32N4O. The van der Waals surface area contributed by atoms with Crippen LogP contribution < -0.4 is 0 Å². The summed E-state index contributed by atoms with van der Waals surface area (Å²) in [5, 5.41) is 0. The minimum atomic E-state index is 0.0689. The van der Waals surface area contributed by atoms with Crippen molar-refractivity contribution in [3.63, 3.8) is 0 Å². The fourth-order valence-electron chi connectivity index (χ4n) is 5.72. The molecule has 0 saturated heterocycles. The van der Waals surface area contributed by atoms with Crippen LogP contribution in [0, 0.1) is 12.8 Å². The number of rotatable bonds is 4. The largest absolute Gasteiger partial charge is 0.337 e. The number of hydrogen-bond acceptors (Lipinski definition) is 3. The van der Waals surface area contributed by atoms with E-state index in [9.17, 15) is 4.79 Å². The highest BCUT2D eigenvalue weighted by Crippen LogP contribution is 2.33. The van der Waals surface area contributed by atoms with Crippen LogP contribution in [0.5, 0.6) is 0 Å². The predicted molar refractivity (Wildman–Crippen MR) is 123 cm³/mol. The molecule has 2 aliphatic rings. The Labute approximate surface area is 184 Å². The third-order valence-electron chi connectivity index (χ3n) is 7.13. The van der Waals surface area contributed by atoms with Crippen LogP contribution in [-0.4, -0.2) is 37.4 Å². The van der Waals surface area contributed by atoms with Gasteiger partial charge in [-0.1, -0.05) is 25.3 Å². The molecule has 162 valence electrons. The molecule has 1 unspecified atom stereocenters. The molecule has 1 saturated carbocycles. The lowest BCUT2D eigenvalue weighted by Gasteiger charge is -2.39. The van der Waals surface area contributed by atoms with Crippen molar-refractivity contribution in [1.29, 1.82) is 0 Å². The molecule has 0 bridgehead atoms. The van der Waals surface area contributed by atoms with Gasteiger partial charge in [-0.25, -0.2) is 4.98 Å². The number of carbonyl (C=O) groups excluding carboxylic acids is 1. The lowest BCUT2D eigenvalue weighted by atomic mass is 9.91. The van der Waals surface area contributed by atoms with Crippen LogP contribution in [0.1, 0.15) is 62.9 Å². The van der Waals surface area contributed by atoms with Crippen LogP contribution in [0.4, 0.5) is 0 Å². The average molecular weight is 417 g/mol. The van der Waals surface area contributed by atoms with Crippen LogP contribution in [0.3, 0.4) is 0 Å². The van der Waals surface area contributed by atoms with Gasteiger partial charge in [0, 0.05) is 29.9 Å². The Balaban J connectivity index is 1.41. The van der Waals surface area contributed by atoms with Gasteiger partial charge in [0.25, 0.3) is 0 Å². The van der Waals surface area contributed by atoms with Gasteiger partial charge in [0.1, 0.15) is 11.3 Å². The number of nitrogens with zero attached hydrogens (tertiary/aromatic N) is 4. The van der Waals surface area contributed by atoms with Crippen molar-refractivity contribution < 1.29 is 4.79 Å². The molecule has 5 rings (SSSR count). The van der Waals surface area contributed by atoms with Crippen molar-refractivity contribution in [2.24, 2.45) is 5.92 Å². The number of hydrogen-bond donors (Lipinski definition) is 0. The van der Waals surface area contributed by atoms with Crippen molar-refractivity contribution in [1.82, 2.24) is 19.4 Å². The Hall–Kier alpha value is -2.69. The maximum atomic E-state index is 13.6. The van der Waals surface area contributed by atoms with Gasteiger partial charge in [-0.15, -0.1) is 0 Å². The summed E-state index contributed by atoms with van der Waals surface area (Å²) in [4.78, 5) is 24.7. The standard InChI is InChI=1S/C26H32N4O/c1-17(2)29(22-7-5-4-6-8-22)26(31)21-13-19-9-10-23(15-20(19)14-21)30-18(3)28-24-16-27-12-11-25(24)30/h9-12,15-17,21-22H,4-8,13-14H2,1-3H3. The highest BCUT2D eigenvalue weighted by molar-refractivity contribution is 5.81. The monoisotopic (exact) mass is 416 g/mol. The first-order valence-electron chi connectivity index (χ1n) is 11.8. The lowest BCUT2D eigenvalue weighted by molar-refractivity contribution is -0.140. The maximum Gasteiger partial charge on any atom is 0.226 e. The second-order valence-electron chi connectivity index (χ2n) is 9.55. The highest BCUT2D eigenvalue weighted by atomic mass is 16.2. The Morgan fingerprint density at radius 2 is 1.87 bits per heavy atom. The van der Waals surface area contributed by atoms with Crippen molar-refractivity contribution >= 4 is 16.9 Å². The molecule has 5 nitrogen and oxygen atoms in total. The van der Waals surface area contributed by atoms with E-state index in [0.29, 0.717) is 11.9 Å². The summed E-state index contributed by atoms with van der Waals surface area (Å²) < 4.78 is 2.19. The number of benzene rings is 1. The van der Waals surface area contributed by atoms with Crippen molar-refractivity contribution in [2.75, 3.05) is 0 Å². The van der Waals surface area contributed by atoms with Crippen LogP contribution in [0.15, 0.2) is 36.7 Å². The summed E-state index contributed by atoms with van der Waals surface area (Å²) in [7, 11) is 0. The number of pyridine rings is 1. The average Bonchev–Trinajstić information content (AvgIpc) is 3.33. The van der Waals surface area contributed by atoms with Gasteiger partial charge < -0.3 is 4.90 Å². The van der Waals surface area contributed by atoms with Gasteiger partial charge in [0.05, 0.1) is 11.7 Å². The van der Waals surface area contributed by atoms with Gasteiger partial charge in [-0.2, -0.15) is 0 Å². The predicted octanol–water partition coefficient (Wildman–Crippen LogP) is 5.01. The van der Waals surface area contributed by atoms with Crippen molar-refractivity contribution in [3.05, 3.63) is 53.6 Å². The van der Waals surface area contributed by atoms with E-state index < -0.39 is 0 Å². The fourth-order valence-corrected chi connectivity index (χ4v) is 5.72. The zero-order valence-corrected chi connectivity index (χ0v) is 18.8. The Kier molecular flexibility index (Phi) is 5.28. The molecule has 3 aromatic rings. The topological polar surface area (TPSA) is 51.0 Å². The van der Waals surface area contributed by atoms with E-state index in [-0.39, 0.29) is 12.0 Å². The van der Waals surface area contributed by atoms with E-state index >= 15 is 0 Å². The summed E-state index contributed by atoms with van der Waals surface area (Å²) in [6.07, 6.45) is 11.5. The number of aromatic nitrogens is 3. The highest BCUT2D eigenvalue weighted by Gasteiger charge is 2.35. The fraction of sp³-hybridized carbons (Fsp3) is 0.500. The van der Waals surface area contributed by atoms with Gasteiger partial charge in [-0.3, -0.25) is 14.3 Å². The Morgan fingerprint density at radius 3 is 2.65 bits per heavy atom. The molecular weight excluding hydrogens is 384 g/mol. The molecule has 2 aromatic heterocycles. The second kappa shape index (κ2) is 8.10. The van der Waals surface area contributed by atoms with E-state index in [0.717, 1.165) is 48.2 Å². The minimum Gasteiger partial charge on any atom is -0.337 e. The minimum absolute atomic E-state index is 0.0689. The van der Waals surface area contributed by atoms with Crippen molar-refractivity contribution in [2.45, 2.75) is 77.8 Å². The quantitative estimate of drug-likeness (QED) is 0.600. The smallest absolute Gasteiger partial charge is 0.226 e. The Bertz CT molecular complexity index is 1110. The molecule has 1 fully saturated rings. The molecule has 1 aromatic carbocycles. The normalized spacial score (nSPS) is 19.2. The molecule has 0 spiro atoms. The van der Waals surface area contributed by atoms with Gasteiger partial charge in [0.15, 0.2) is 0 Å². The molecule has 2 heterocycles. The van der Waals surface area contributed by atoms with E-state index in [4.69, 9.17) is 0 Å². The maximum absolute atomic E-state index is 13.6. The first kappa shape index (κ1) is 20.2. The van der Waals surface area contributed by atoms with E-state index in [1.54, 1.807) is 0 Å². The summed E-state index contributed by atoms with van der Waals surface area (Å²) >= 11 is 0. The first-order chi connectivity index (χ1) is 15.0. The van der Waals surface area contributed by atoms with Gasteiger partial charge >= 0.3 is 0 Å². The Morgan fingerprint density at radius 1 is 1.10 bits per heavy atom. The molecule has 2 aliphatic carbocycles. The number of aryl methyl sites for hydroxylation is 1. The second-order valence-corrected chi connectivity index (χ2v) is 9.55. The molecule has 5 heteroatoms. The zero-order chi connectivity index (χ0) is 21.5. The summed E-state index contributed by atoms with van der Waals surface area (Å²) in [5.41, 5.74) is 5.72. The van der Waals surface area contributed by atoms with Crippen LogP contribution in [0.25, 0.3) is 16.7 Å². The molecule has 31 heavy (non-hydrogen) atoms. The van der Waals surface area contributed by atoms with E-state index in [1.165, 1.54) is 30.4 Å². The molecule has 1 atom stereocenters. The lowest BCUT2D eigenvalue weighted by Crippen LogP contribution is -2.48. The summed E-state index contributed by atoms with van der Waals surface area (Å²) in [6, 6.07) is 9.35. The van der Waals surface area contributed by atoms with Crippen LogP contribution in [-0.2, 0) is 17.6 Å². The van der Waals surface area contributed by atoms with E-state index in [1.807, 2.05) is 25.4 Å². The van der Waals surface area contributed by atoms with Crippen LogP contribution >= 0.6 is 0 Å². The third-order valence-corrected chi connectivity index (χ3v) is 7.13. The molecule has 0 radical (unpaired) electrons. The van der Waals surface area contributed by atoms with Crippen molar-refractivity contribution in [3.8, 4) is 5.69 Å². The zero-order valence-electron chi connectivity index (χ0n) is 18.8. The summed E-state index contributed by atoms with van der Waals surface area (Å²) in [6.45, 7) is 6.38. The molecule has 0 aliphatic heterocycles. The van der Waals surface area contributed by atoms with Crippen LogP contribution in [0.2, 0.25) is 0 Å². The van der Waals surface area contributed by atoms with Gasteiger partial charge in [-0.05, 0) is 75.8 Å². The number of imidazole rings is 1. The van der Waals surface area contributed by atoms with Gasteiger partial charge in [0.2, 0.25) is 5.91 Å².